The molecule has 0 radical (unpaired) electrons. The van der Waals surface area contributed by atoms with Gasteiger partial charge in [-0.25, -0.2) is 25.3 Å². The molecular formula is C51H85N5O11S4. The lowest BCUT2D eigenvalue weighted by Gasteiger charge is -2.31. The zero-order valence-electron chi connectivity index (χ0n) is 44.1. The number of thiazole rings is 1. The van der Waals surface area contributed by atoms with E-state index in [9.17, 15) is 48.8 Å². The number of quaternary nitrogens is 3. The number of carbonyl (C=O) groups excluding carboxylic acids is 1. The van der Waals surface area contributed by atoms with E-state index in [-0.39, 0.29) is 25.8 Å². The van der Waals surface area contributed by atoms with Crippen LogP contribution < -0.4 is 29.3 Å². The summed E-state index contributed by atoms with van der Waals surface area (Å²) in [6.45, 7) is 33.7. The highest BCUT2D eigenvalue weighted by Crippen LogP contribution is 2.51. The first kappa shape index (κ1) is 65.4. The zero-order chi connectivity index (χ0) is 53.8. The van der Waals surface area contributed by atoms with Gasteiger partial charge in [-0.05, 0) is 131 Å². The third-order valence-electron chi connectivity index (χ3n) is 13.0. The molecule has 3 aromatic rings. The number of nitrogens with one attached hydrogen (secondary N) is 3. The molecule has 16 nitrogen and oxygen atoms in total. The molecule has 1 aliphatic heterocycles. The van der Waals surface area contributed by atoms with Gasteiger partial charge in [-0.15, -0.1) is 0 Å². The predicted molar refractivity (Wildman–Crippen MR) is 282 cm³/mol. The largest absolute Gasteiger partial charge is 0.748 e. The Morgan fingerprint density at radius 1 is 0.676 bits per heavy atom. The molecule has 3 N–H and O–H groups in total. The van der Waals surface area contributed by atoms with Crippen LogP contribution in [0.1, 0.15) is 125 Å². The van der Waals surface area contributed by atoms with Gasteiger partial charge in [-0.1, -0.05) is 54.5 Å². The fourth-order valence-electron chi connectivity index (χ4n) is 8.42. The predicted octanol–water partition coefficient (Wildman–Crippen LogP) is 2.69. The standard InChI is InChI=1S/C33H40N2O11S4.3C6H15N/c1-33(19-9-3-6-16-32(36)37)26-24-25(50(44,45)46)17-18-27(26)34(20-10-22-48(38,39)40)30(33)14-4-2-5-15-31-35(21-11-23-49(41,42)43)28-12-7-8-13-29(28)47-31;3*1-4-7(5-2)6-3/h2,4-5,7-8,12-15,17-18,24H,3,6,9-11,16,19-23H2,1H3,(H3-,36,37,38,39,40,41,42,43,44,45,46);3*4-6H2,1-3H3. The number of carboxylic acids is 1. The molecule has 1 aromatic heterocycles. The second-order valence-corrected chi connectivity index (χ2v) is 23.1. The number of carboxylic acid groups (broad SMARTS) is 1. The Labute approximate surface area is 431 Å². The quantitative estimate of drug-likeness (QED) is 0.0433. The molecule has 4 rings (SSSR count). The molecule has 404 valence electrons. The molecule has 71 heavy (non-hydrogen) atoms. The smallest absolute Gasteiger partial charge is 0.262 e. The number of fused-ring (bicyclic) bond motifs is 2. The van der Waals surface area contributed by atoms with Gasteiger partial charge in [-0.2, -0.15) is 4.57 Å². The van der Waals surface area contributed by atoms with Gasteiger partial charge in [0.15, 0.2) is 6.54 Å². The third kappa shape index (κ3) is 23.9. The van der Waals surface area contributed by atoms with Crippen LogP contribution in [0.2, 0.25) is 0 Å². The Hall–Kier alpha value is -3.57. The van der Waals surface area contributed by atoms with Gasteiger partial charge in [-0.3, -0.25) is 0 Å². The molecule has 1 atom stereocenters. The number of carbonyl (C=O) groups is 1. The molecule has 2 aromatic carbocycles. The molecule has 0 saturated carbocycles. The van der Waals surface area contributed by atoms with Gasteiger partial charge in [0.1, 0.15) is 14.8 Å². The van der Waals surface area contributed by atoms with Crippen molar-refractivity contribution in [3.8, 4) is 0 Å². The van der Waals surface area contributed by atoms with Crippen molar-refractivity contribution in [2.75, 3.05) is 81.9 Å². The number of aromatic nitrogens is 1. The lowest BCUT2D eigenvalue weighted by atomic mass is 9.77. The minimum atomic E-state index is -4.81. The van der Waals surface area contributed by atoms with Crippen molar-refractivity contribution >= 4 is 69.6 Å². The van der Waals surface area contributed by atoms with E-state index in [4.69, 9.17) is 0 Å². The molecule has 1 unspecified atom stereocenters. The zero-order valence-corrected chi connectivity index (χ0v) is 47.4. The van der Waals surface area contributed by atoms with Gasteiger partial charge in [0.25, 0.3) is 5.01 Å². The van der Waals surface area contributed by atoms with Crippen molar-refractivity contribution in [1.82, 2.24) is 0 Å². The summed E-state index contributed by atoms with van der Waals surface area (Å²) in [5.41, 5.74) is 1.76. The SMILES string of the molecule is CC1(CCCCCC(=O)[O-])/C(=C/C=C/C=C/c2sc3ccccc3[n+]2CCCS(=O)(=O)[O-])N(CCCS(=O)(=O)[O-])c2ccc(S(=O)(=O)[O-])cc21.CC[NH+](CC)CC.CC[NH+](CC)CC.CC[NH+](CC)CC. The van der Waals surface area contributed by atoms with Crippen LogP contribution in [-0.4, -0.2) is 122 Å². The van der Waals surface area contributed by atoms with Gasteiger partial charge in [0, 0.05) is 59.4 Å². The molecule has 0 fully saturated rings. The van der Waals surface area contributed by atoms with E-state index in [1.165, 1.54) is 88.4 Å². The summed E-state index contributed by atoms with van der Waals surface area (Å²) in [4.78, 5) is 17.3. The van der Waals surface area contributed by atoms with Gasteiger partial charge in [0.2, 0.25) is 5.52 Å². The lowest BCUT2D eigenvalue weighted by Crippen LogP contribution is -3.11. The fourth-order valence-corrected chi connectivity index (χ4v) is 11.0. The third-order valence-corrected chi connectivity index (χ3v) is 16.5. The van der Waals surface area contributed by atoms with Crippen LogP contribution in [0.15, 0.2) is 77.4 Å². The Kier molecular flexibility index (Phi) is 30.7. The number of hydrogen-bond acceptors (Lipinski definition) is 13. The van der Waals surface area contributed by atoms with Crippen molar-refractivity contribution < 1.29 is 68.1 Å². The molecule has 20 heteroatoms. The second-order valence-electron chi connectivity index (χ2n) is 17.6. The van der Waals surface area contributed by atoms with E-state index in [0.717, 1.165) is 15.2 Å². The molecule has 2 heterocycles. The normalized spacial score (nSPS) is 15.6. The minimum Gasteiger partial charge on any atom is -0.748 e. The van der Waals surface area contributed by atoms with Crippen molar-refractivity contribution in [2.24, 2.45) is 0 Å². The van der Waals surface area contributed by atoms with Crippen LogP contribution in [0.3, 0.4) is 0 Å². The van der Waals surface area contributed by atoms with Crippen LogP contribution in [-0.2, 0) is 47.1 Å². The van der Waals surface area contributed by atoms with Crippen molar-refractivity contribution in [2.45, 2.75) is 131 Å². The van der Waals surface area contributed by atoms with Crippen molar-refractivity contribution in [1.29, 1.82) is 0 Å². The van der Waals surface area contributed by atoms with E-state index < -0.39 is 58.1 Å². The average molecular weight is 1070 g/mol. The Morgan fingerprint density at radius 2 is 1.20 bits per heavy atom. The number of aryl methyl sites for hydroxylation is 1. The second kappa shape index (κ2) is 33.3. The first-order valence-electron chi connectivity index (χ1n) is 25.4. The molecule has 1 aliphatic rings. The molecule has 0 aliphatic carbocycles. The summed E-state index contributed by atoms with van der Waals surface area (Å²) in [5.74, 6) is -2.27. The van der Waals surface area contributed by atoms with Crippen LogP contribution in [0.4, 0.5) is 5.69 Å². The van der Waals surface area contributed by atoms with Gasteiger partial charge in [0.05, 0.1) is 84.0 Å². The maximum atomic E-state index is 12.0. The first-order chi connectivity index (χ1) is 33.4. The highest BCUT2D eigenvalue weighted by Gasteiger charge is 2.43. The summed E-state index contributed by atoms with van der Waals surface area (Å²) in [6.07, 6.45) is 10.8. The molecule has 0 saturated heterocycles. The number of benzene rings is 2. The fraction of sp³-hybridized carbons (Fsp3) is 0.608. The van der Waals surface area contributed by atoms with E-state index in [0.29, 0.717) is 49.2 Å². The van der Waals surface area contributed by atoms with Crippen molar-refractivity contribution in [3.05, 3.63) is 83.0 Å². The topological polar surface area (TPSA) is 232 Å². The number of hydrogen-bond donors (Lipinski definition) is 3. The summed E-state index contributed by atoms with van der Waals surface area (Å²) in [7, 11) is -13.7. The van der Waals surface area contributed by atoms with Crippen LogP contribution in [0.25, 0.3) is 16.3 Å². The number of unbranched alkanes of at least 4 members (excludes halogenated alkanes) is 2. The highest BCUT2D eigenvalue weighted by atomic mass is 32.2. The highest BCUT2D eigenvalue weighted by molar-refractivity contribution is 7.86. The minimum absolute atomic E-state index is 0.0187. The number of aliphatic carboxylic acids is 1. The summed E-state index contributed by atoms with van der Waals surface area (Å²) in [5, 5.41) is 11.7. The van der Waals surface area contributed by atoms with Crippen LogP contribution >= 0.6 is 11.3 Å². The molecular weight excluding hydrogens is 987 g/mol. The van der Waals surface area contributed by atoms with Gasteiger partial charge >= 0.3 is 0 Å². The van der Waals surface area contributed by atoms with Crippen LogP contribution in [0, 0.1) is 0 Å². The Bertz CT molecular complexity index is 2420. The van der Waals surface area contributed by atoms with E-state index >= 15 is 0 Å². The Morgan fingerprint density at radius 3 is 1.68 bits per heavy atom. The van der Waals surface area contributed by atoms with E-state index in [2.05, 4.69) is 62.3 Å². The summed E-state index contributed by atoms with van der Waals surface area (Å²) in [6, 6.07) is 11.6. The summed E-state index contributed by atoms with van der Waals surface area (Å²) < 4.78 is 107. The number of rotatable bonds is 27. The maximum Gasteiger partial charge on any atom is 0.262 e. The van der Waals surface area contributed by atoms with Crippen LogP contribution in [0.5, 0.6) is 0 Å². The Balaban J connectivity index is 0.000000996. The van der Waals surface area contributed by atoms with Gasteiger partial charge < -0.3 is 43.2 Å². The number of allylic oxidation sites excluding steroid dienone is 5. The van der Waals surface area contributed by atoms with E-state index in [1.807, 2.05) is 41.8 Å². The van der Waals surface area contributed by atoms with Crippen molar-refractivity contribution in [3.63, 3.8) is 0 Å². The van der Waals surface area contributed by atoms with E-state index in [1.54, 1.807) is 43.9 Å². The number of para-hydroxylation sites is 1. The first-order valence-corrected chi connectivity index (χ1v) is 30.7. The average Bonchev–Trinajstić information content (AvgIpc) is 3.77. The monoisotopic (exact) mass is 1070 g/mol. The molecule has 0 bridgehead atoms. The summed E-state index contributed by atoms with van der Waals surface area (Å²) >= 11 is 1.49. The molecule has 0 amide bonds. The molecule has 0 spiro atoms. The lowest BCUT2D eigenvalue weighted by molar-refractivity contribution is -0.894. The maximum absolute atomic E-state index is 12.0. The number of nitrogens with zero attached hydrogens (tertiary/aromatic N) is 2. The number of anilines is 1.